The van der Waals surface area contributed by atoms with Crippen molar-refractivity contribution in [2.75, 3.05) is 19.8 Å². The van der Waals surface area contributed by atoms with Crippen LogP contribution in [0.4, 0.5) is 0 Å². The van der Waals surface area contributed by atoms with Gasteiger partial charge in [0.2, 0.25) is 5.91 Å². The Labute approximate surface area is 211 Å². The van der Waals surface area contributed by atoms with Crippen LogP contribution in [-0.2, 0) is 23.7 Å². The summed E-state index contributed by atoms with van der Waals surface area (Å²) in [5.74, 6) is -1.84. The Morgan fingerprint density at radius 3 is 1.97 bits per heavy atom. The number of rotatable bonds is 9. The Morgan fingerprint density at radius 1 is 0.865 bits per heavy atom. The van der Waals surface area contributed by atoms with Gasteiger partial charge in [0.05, 0.1) is 32.0 Å². The Balaban J connectivity index is 1.88. The van der Waals surface area contributed by atoms with Crippen LogP contribution in [0.3, 0.4) is 0 Å². The van der Waals surface area contributed by atoms with E-state index in [1.54, 1.807) is 0 Å². The van der Waals surface area contributed by atoms with Crippen molar-refractivity contribution in [1.82, 2.24) is 5.32 Å². The van der Waals surface area contributed by atoms with Crippen molar-refractivity contribution in [3.05, 3.63) is 0 Å². The largest absolute Gasteiger partial charge is 0.396 e. The highest BCUT2D eigenvalue weighted by Gasteiger charge is 2.67. The van der Waals surface area contributed by atoms with Gasteiger partial charge in [-0.25, -0.2) is 0 Å². The number of amides is 1. The molecule has 37 heavy (non-hydrogen) atoms. The lowest BCUT2D eigenvalue weighted by molar-refractivity contribution is -0.393. The molecule has 3 aliphatic rings. The van der Waals surface area contributed by atoms with Gasteiger partial charge in [0, 0.05) is 12.8 Å². The van der Waals surface area contributed by atoms with Gasteiger partial charge in [0.25, 0.3) is 0 Å². The molecule has 0 aromatic carbocycles. The van der Waals surface area contributed by atoms with Gasteiger partial charge in [-0.15, -0.1) is 0 Å². The highest BCUT2D eigenvalue weighted by molar-refractivity contribution is 5.73. The minimum Gasteiger partial charge on any atom is -0.396 e. The smallest absolute Gasteiger partial charge is 0.217 e. The molecule has 15 unspecified atom stereocenters. The number of ether oxygens (including phenoxy) is 4. The number of hydrogen-bond donors (Lipinski definition) is 11. The molecular formula is C21H37NO15. The van der Waals surface area contributed by atoms with Crippen LogP contribution in [0.25, 0.3) is 0 Å². The van der Waals surface area contributed by atoms with Crippen molar-refractivity contribution in [2.24, 2.45) is 5.92 Å². The summed E-state index contributed by atoms with van der Waals surface area (Å²) in [4.78, 5) is 11.9. The molecule has 1 amide bonds. The minimum absolute atomic E-state index is 0.672. The topological polar surface area (TPSA) is 268 Å². The summed E-state index contributed by atoms with van der Waals surface area (Å²) in [5.41, 5.74) is -1.97. The highest BCUT2D eigenvalue weighted by Crippen LogP contribution is 2.46. The van der Waals surface area contributed by atoms with Crippen LogP contribution in [0, 0.1) is 5.92 Å². The predicted molar refractivity (Wildman–Crippen MR) is 116 cm³/mol. The fraction of sp³-hybridized carbons (Fsp3) is 0.952. The minimum atomic E-state index is -1.97. The van der Waals surface area contributed by atoms with Gasteiger partial charge in [0.1, 0.15) is 60.5 Å². The van der Waals surface area contributed by atoms with Crippen LogP contribution >= 0.6 is 0 Å². The molecule has 2 saturated heterocycles. The van der Waals surface area contributed by atoms with Gasteiger partial charge < -0.3 is 75.3 Å². The molecule has 1 aliphatic carbocycles. The number of aliphatic hydroxyl groups excluding tert-OH is 10. The Morgan fingerprint density at radius 2 is 1.46 bits per heavy atom. The molecule has 0 bridgehead atoms. The van der Waals surface area contributed by atoms with E-state index in [0.717, 1.165) is 6.92 Å². The quantitative estimate of drug-likeness (QED) is 0.129. The van der Waals surface area contributed by atoms with Gasteiger partial charge in [-0.2, -0.15) is 0 Å². The normalized spacial score (nSPS) is 49.2. The molecule has 0 aromatic rings. The molecule has 216 valence electrons. The second-order valence-electron chi connectivity index (χ2n) is 9.61. The van der Waals surface area contributed by atoms with Gasteiger partial charge in [-0.3, -0.25) is 4.79 Å². The maximum absolute atomic E-state index is 11.9. The molecule has 0 aromatic heterocycles. The Hall–Kier alpha value is -1.09. The summed E-state index contributed by atoms with van der Waals surface area (Å²) in [6.07, 6.45) is -19.3. The van der Waals surface area contributed by atoms with E-state index in [1.165, 1.54) is 6.92 Å². The fourth-order valence-corrected chi connectivity index (χ4v) is 5.18. The SMILES string of the molecule is CC(=O)NC1C(OC2(C(C)O)C(O)C(O)C2CO)OC(CO)C(OC2OC(CO)C(O)C(O)C2O)C1O. The number of carbonyl (C=O) groups is 1. The third-order valence-electron chi connectivity index (χ3n) is 7.31. The molecule has 2 aliphatic heterocycles. The first-order valence-electron chi connectivity index (χ1n) is 11.9. The van der Waals surface area contributed by atoms with Gasteiger partial charge in [0.15, 0.2) is 12.6 Å². The van der Waals surface area contributed by atoms with Crippen LogP contribution in [-0.4, -0.2) is 162 Å². The zero-order valence-electron chi connectivity index (χ0n) is 20.2. The second kappa shape index (κ2) is 12.0. The molecule has 2 heterocycles. The van der Waals surface area contributed by atoms with E-state index in [4.69, 9.17) is 18.9 Å². The molecule has 3 rings (SSSR count). The third-order valence-corrected chi connectivity index (χ3v) is 7.31. The number of aliphatic hydroxyl groups is 10. The monoisotopic (exact) mass is 543 g/mol. The summed E-state index contributed by atoms with van der Waals surface area (Å²) >= 11 is 0. The maximum Gasteiger partial charge on any atom is 0.217 e. The molecule has 16 nitrogen and oxygen atoms in total. The van der Waals surface area contributed by atoms with Crippen molar-refractivity contribution in [1.29, 1.82) is 0 Å². The van der Waals surface area contributed by atoms with Crippen LogP contribution in [0.1, 0.15) is 13.8 Å². The summed E-state index contributed by atoms with van der Waals surface area (Å²) < 4.78 is 22.4. The average Bonchev–Trinajstić information content (AvgIpc) is 2.86. The van der Waals surface area contributed by atoms with Crippen LogP contribution in [0.2, 0.25) is 0 Å². The standard InChI is InChI=1S/C21H37NO15/c1-6(26)21(8(3-23)12(28)18(21)33)37-19-11(22-7(2)27)14(30)17(10(5-25)35-19)36-20-16(32)15(31)13(29)9(4-24)34-20/h6,8-20,23-26,28-33H,3-5H2,1-2H3,(H,22,27). The van der Waals surface area contributed by atoms with E-state index in [1.807, 2.05) is 0 Å². The van der Waals surface area contributed by atoms with E-state index in [9.17, 15) is 55.9 Å². The van der Waals surface area contributed by atoms with E-state index >= 15 is 0 Å². The van der Waals surface area contributed by atoms with Crippen molar-refractivity contribution >= 4 is 5.91 Å². The van der Waals surface area contributed by atoms with E-state index < -0.39 is 117 Å². The average molecular weight is 544 g/mol. The van der Waals surface area contributed by atoms with Gasteiger partial charge >= 0.3 is 0 Å². The third kappa shape index (κ3) is 5.37. The molecule has 15 atom stereocenters. The molecule has 3 fully saturated rings. The number of nitrogens with one attached hydrogen (secondary N) is 1. The first kappa shape index (κ1) is 30.5. The van der Waals surface area contributed by atoms with E-state index in [-0.39, 0.29) is 0 Å². The fourth-order valence-electron chi connectivity index (χ4n) is 5.18. The number of hydrogen-bond acceptors (Lipinski definition) is 15. The Bertz CT molecular complexity index is 772. The maximum atomic E-state index is 11.9. The van der Waals surface area contributed by atoms with Crippen LogP contribution in [0.5, 0.6) is 0 Å². The summed E-state index contributed by atoms with van der Waals surface area (Å²) in [5, 5.41) is 104. The zero-order chi connectivity index (χ0) is 27.8. The lowest BCUT2D eigenvalue weighted by Crippen LogP contribution is -2.78. The lowest BCUT2D eigenvalue weighted by Gasteiger charge is -2.59. The second-order valence-corrected chi connectivity index (χ2v) is 9.61. The van der Waals surface area contributed by atoms with Gasteiger partial charge in [-0.1, -0.05) is 0 Å². The lowest BCUT2D eigenvalue weighted by atomic mass is 9.61. The number of carbonyl (C=O) groups excluding carboxylic acids is 1. The van der Waals surface area contributed by atoms with Crippen molar-refractivity contribution in [3.8, 4) is 0 Å². The molecule has 1 saturated carbocycles. The first-order chi connectivity index (χ1) is 17.3. The van der Waals surface area contributed by atoms with Crippen LogP contribution < -0.4 is 5.32 Å². The zero-order valence-corrected chi connectivity index (χ0v) is 20.2. The van der Waals surface area contributed by atoms with E-state index in [0.29, 0.717) is 0 Å². The predicted octanol–water partition coefficient (Wildman–Crippen LogP) is -6.77. The Kier molecular flexibility index (Phi) is 9.85. The van der Waals surface area contributed by atoms with Crippen molar-refractivity contribution in [3.63, 3.8) is 0 Å². The first-order valence-corrected chi connectivity index (χ1v) is 11.9. The molecule has 11 N–H and O–H groups in total. The molecular weight excluding hydrogens is 506 g/mol. The van der Waals surface area contributed by atoms with Gasteiger partial charge in [-0.05, 0) is 6.92 Å². The molecule has 16 heteroatoms. The summed E-state index contributed by atoms with van der Waals surface area (Å²) in [6.45, 7) is 0.0822. The summed E-state index contributed by atoms with van der Waals surface area (Å²) in [6, 6.07) is -1.48. The summed E-state index contributed by atoms with van der Waals surface area (Å²) in [7, 11) is 0. The van der Waals surface area contributed by atoms with Crippen LogP contribution in [0.15, 0.2) is 0 Å². The van der Waals surface area contributed by atoms with Crippen molar-refractivity contribution < 1.29 is 74.8 Å². The van der Waals surface area contributed by atoms with Crippen molar-refractivity contribution in [2.45, 2.75) is 99.1 Å². The molecule has 0 spiro atoms. The highest BCUT2D eigenvalue weighted by atomic mass is 16.7. The molecule has 0 radical (unpaired) electrons. The van der Waals surface area contributed by atoms with E-state index in [2.05, 4.69) is 5.32 Å².